The van der Waals surface area contributed by atoms with E-state index in [0.717, 1.165) is 17.8 Å². The van der Waals surface area contributed by atoms with Crippen LogP contribution in [0, 0.1) is 0 Å². The van der Waals surface area contributed by atoms with Crippen molar-refractivity contribution in [2.75, 3.05) is 29.9 Å². The van der Waals surface area contributed by atoms with E-state index in [4.69, 9.17) is 23.2 Å². The number of piperazine rings is 1. The Bertz CT molecular complexity index is 793. The van der Waals surface area contributed by atoms with E-state index in [0.29, 0.717) is 28.8 Å². The van der Waals surface area contributed by atoms with Crippen LogP contribution in [-0.2, 0) is 16.0 Å². The van der Waals surface area contributed by atoms with E-state index in [1.54, 1.807) is 18.2 Å². The van der Waals surface area contributed by atoms with Gasteiger partial charge < -0.3 is 15.5 Å². The SMILES string of the molecule is O=C1CN(c2ccc(NC(=O)Cc3ccc(Cl)c(Cl)c3)cc2)CCN1. The van der Waals surface area contributed by atoms with Crippen molar-refractivity contribution in [3.63, 3.8) is 0 Å². The summed E-state index contributed by atoms with van der Waals surface area (Å²) < 4.78 is 0. The van der Waals surface area contributed by atoms with Gasteiger partial charge in [0, 0.05) is 24.5 Å². The molecular formula is C18H17Cl2N3O2. The fourth-order valence-corrected chi connectivity index (χ4v) is 2.98. The molecule has 0 radical (unpaired) electrons. The third kappa shape index (κ3) is 4.65. The van der Waals surface area contributed by atoms with Crippen LogP contribution in [-0.4, -0.2) is 31.4 Å². The second kappa shape index (κ2) is 7.76. The maximum Gasteiger partial charge on any atom is 0.239 e. The molecular weight excluding hydrogens is 361 g/mol. The lowest BCUT2D eigenvalue weighted by atomic mass is 10.1. The lowest BCUT2D eigenvalue weighted by Crippen LogP contribution is -2.47. The normalized spacial score (nSPS) is 14.2. The highest BCUT2D eigenvalue weighted by Gasteiger charge is 2.16. The van der Waals surface area contributed by atoms with Crippen molar-refractivity contribution in [3.8, 4) is 0 Å². The van der Waals surface area contributed by atoms with Gasteiger partial charge in [0.1, 0.15) is 0 Å². The van der Waals surface area contributed by atoms with Gasteiger partial charge in [-0.3, -0.25) is 9.59 Å². The molecule has 1 fully saturated rings. The van der Waals surface area contributed by atoms with Crippen molar-refractivity contribution in [1.29, 1.82) is 0 Å². The Morgan fingerprint density at radius 2 is 1.88 bits per heavy atom. The summed E-state index contributed by atoms with van der Waals surface area (Å²) in [6, 6.07) is 12.6. The Labute approximate surface area is 155 Å². The molecule has 2 amide bonds. The first kappa shape index (κ1) is 17.6. The zero-order chi connectivity index (χ0) is 17.8. The summed E-state index contributed by atoms with van der Waals surface area (Å²) in [4.78, 5) is 25.6. The summed E-state index contributed by atoms with van der Waals surface area (Å²) >= 11 is 11.8. The number of benzene rings is 2. The highest BCUT2D eigenvalue weighted by molar-refractivity contribution is 6.42. The molecule has 0 aromatic heterocycles. The first-order valence-corrected chi connectivity index (χ1v) is 8.62. The molecule has 25 heavy (non-hydrogen) atoms. The molecule has 0 unspecified atom stereocenters. The number of carbonyl (C=O) groups is 2. The van der Waals surface area contributed by atoms with Gasteiger partial charge in [0.2, 0.25) is 11.8 Å². The van der Waals surface area contributed by atoms with Crippen molar-refractivity contribution >= 4 is 46.4 Å². The van der Waals surface area contributed by atoms with E-state index in [9.17, 15) is 9.59 Å². The van der Waals surface area contributed by atoms with Gasteiger partial charge in [0.15, 0.2) is 0 Å². The first-order chi connectivity index (χ1) is 12.0. The number of amides is 2. The van der Waals surface area contributed by atoms with Crippen LogP contribution >= 0.6 is 23.2 Å². The predicted octanol–water partition coefficient (Wildman–Crippen LogP) is 3.11. The number of rotatable bonds is 4. The summed E-state index contributed by atoms with van der Waals surface area (Å²) in [5.41, 5.74) is 2.45. The zero-order valence-electron chi connectivity index (χ0n) is 13.4. The maximum absolute atomic E-state index is 12.2. The number of anilines is 2. The molecule has 0 spiro atoms. The Morgan fingerprint density at radius 3 is 2.56 bits per heavy atom. The van der Waals surface area contributed by atoms with Gasteiger partial charge >= 0.3 is 0 Å². The third-order valence-electron chi connectivity index (χ3n) is 3.90. The molecule has 1 aliphatic rings. The summed E-state index contributed by atoms with van der Waals surface area (Å²) in [5.74, 6) is -0.117. The quantitative estimate of drug-likeness (QED) is 0.860. The fraction of sp³-hybridized carbons (Fsp3) is 0.222. The molecule has 7 heteroatoms. The largest absolute Gasteiger partial charge is 0.360 e. The van der Waals surface area contributed by atoms with Crippen molar-refractivity contribution in [1.82, 2.24) is 5.32 Å². The first-order valence-electron chi connectivity index (χ1n) is 7.87. The van der Waals surface area contributed by atoms with Crippen LogP contribution in [0.4, 0.5) is 11.4 Å². The highest BCUT2D eigenvalue weighted by Crippen LogP contribution is 2.23. The minimum Gasteiger partial charge on any atom is -0.360 e. The fourth-order valence-electron chi connectivity index (χ4n) is 2.65. The van der Waals surface area contributed by atoms with Crippen LogP contribution in [0.15, 0.2) is 42.5 Å². The Hall–Kier alpha value is -2.24. The second-order valence-corrected chi connectivity index (χ2v) is 6.61. The molecule has 2 aromatic carbocycles. The molecule has 130 valence electrons. The molecule has 2 aromatic rings. The molecule has 2 N–H and O–H groups in total. The van der Waals surface area contributed by atoms with Crippen molar-refractivity contribution in [3.05, 3.63) is 58.1 Å². The topological polar surface area (TPSA) is 61.4 Å². The Kier molecular flexibility index (Phi) is 5.46. The average molecular weight is 378 g/mol. The molecule has 1 saturated heterocycles. The molecule has 0 atom stereocenters. The lowest BCUT2D eigenvalue weighted by Gasteiger charge is -2.28. The minimum absolute atomic E-state index is 0.0188. The van der Waals surface area contributed by atoms with Crippen LogP contribution in [0.1, 0.15) is 5.56 Å². The number of carbonyl (C=O) groups excluding carboxylic acids is 2. The van der Waals surface area contributed by atoms with Gasteiger partial charge in [-0.15, -0.1) is 0 Å². The number of nitrogens with one attached hydrogen (secondary N) is 2. The van der Waals surface area contributed by atoms with E-state index >= 15 is 0 Å². The van der Waals surface area contributed by atoms with Gasteiger partial charge in [-0.1, -0.05) is 29.3 Å². The van der Waals surface area contributed by atoms with Crippen LogP contribution in [0.2, 0.25) is 10.0 Å². The second-order valence-electron chi connectivity index (χ2n) is 5.79. The third-order valence-corrected chi connectivity index (χ3v) is 4.64. The van der Waals surface area contributed by atoms with Gasteiger partial charge in [0.05, 0.1) is 23.0 Å². The van der Waals surface area contributed by atoms with Crippen LogP contribution in [0.25, 0.3) is 0 Å². The number of nitrogens with zero attached hydrogens (tertiary/aromatic N) is 1. The molecule has 1 heterocycles. The zero-order valence-corrected chi connectivity index (χ0v) is 14.9. The van der Waals surface area contributed by atoms with Crippen molar-refractivity contribution < 1.29 is 9.59 Å². The average Bonchev–Trinajstić information content (AvgIpc) is 2.59. The van der Waals surface area contributed by atoms with Gasteiger partial charge in [0.25, 0.3) is 0 Å². The highest BCUT2D eigenvalue weighted by atomic mass is 35.5. The minimum atomic E-state index is -0.136. The van der Waals surface area contributed by atoms with E-state index < -0.39 is 0 Å². The standard InChI is InChI=1S/C18H17Cl2N3O2/c19-15-6-1-12(9-16(15)20)10-17(24)22-13-2-4-14(5-3-13)23-8-7-21-18(25)11-23/h1-6,9H,7-8,10-11H2,(H,21,25)(H,22,24). The van der Waals surface area contributed by atoms with E-state index in [1.807, 2.05) is 29.2 Å². The maximum atomic E-state index is 12.2. The van der Waals surface area contributed by atoms with E-state index in [-0.39, 0.29) is 18.2 Å². The molecule has 1 aliphatic heterocycles. The van der Waals surface area contributed by atoms with Crippen LogP contribution in [0.5, 0.6) is 0 Å². The molecule has 0 bridgehead atoms. The summed E-state index contributed by atoms with van der Waals surface area (Å²) in [6.07, 6.45) is 0.213. The summed E-state index contributed by atoms with van der Waals surface area (Å²) in [5, 5.41) is 6.54. The number of hydrogen-bond acceptors (Lipinski definition) is 3. The van der Waals surface area contributed by atoms with Gasteiger partial charge in [-0.25, -0.2) is 0 Å². The van der Waals surface area contributed by atoms with Crippen LogP contribution in [0.3, 0.4) is 0 Å². The smallest absolute Gasteiger partial charge is 0.239 e. The van der Waals surface area contributed by atoms with Crippen molar-refractivity contribution in [2.45, 2.75) is 6.42 Å². The predicted molar refractivity (Wildman–Crippen MR) is 100 cm³/mol. The molecule has 5 nitrogen and oxygen atoms in total. The lowest BCUT2D eigenvalue weighted by molar-refractivity contribution is -0.120. The summed E-state index contributed by atoms with van der Waals surface area (Å²) in [7, 11) is 0. The Balaban J connectivity index is 1.59. The summed E-state index contributed by atoms with van der Waals surface area (Å²) in [6.45, 7) is 1.76. The number of halogens is 2. The van der Waals surface area contributed by atoms with Gasteiger partial charge in [-0.2, -0.15) is 0 Å². The van der Waals surface area contributed by atoms with Crippen molar-refractivity contribution in [2.24, 2.45) is 0 Å². The number of hydrogen-bond donors (Lipinski definition) is 2. The van der Waals surface area contributed by atoms with Gasteiger partial charge in [-0.05, 0) is 42.0 Å². The molecule has 0 aliphatic carbocycles. The molecule has 0 saturated carbocycles. The van der Waals surface area contributed by atoms with E-state index in [2.05, 4.69) is 10.6 Å². The van der Waals surface area contributed by atoms with Crippen LogP contribution < -0.4 is 15.5 Å². The molecule has 3 rings (SSSR count). The monoisotopic (exact) mass is 377 g/mol. The Morgan fingerprint density at radius 1 is 1.12 bits per heavy atom. The van der Waals surface area contributed by atoms with E-state index in [1.165, 1.54) is 0 Å².